The first-order valence-electron chi connectivity index (χ1n) is 6.19. The van der Waals surface area contributed by atoms with Gasteiger partial charge in [-0.1, -0.05) is 13.0 Å². The van der Waals surface area contributed by atoms with Crippen LogP contribution in [-0.4, -0.2) is 20.1 Å². The molecule has 0 saturated carbocycles. The molecule has 0 fully saturated rings. The highest BCUT2D eigenvalue weighted by molar-refractivity contribution is 5.60. The quantitative estimate of drug-likeness (QED) is 0.817. The van der Waals surface area contributed by atoms with Crippen molar-refractivity contribution in [2.45, 2.75) is 26.8 Å². The first-order valence-corrected chi connectivity index (χ1v) is 6.19. The third-order valence-electron chi connectivity index (χ3n) is 2.78. The van der Waals surface area contributed by atoms with Crippen molar-refractivity contribution in [1.82, 2.24) is 5.32 Å². The molecule has 0 aliphatic carbocycles. The molecule has 1 aromatic rings. The molecule has 0 heterocycles. The number of nitrogens with one attached hydrogen (secondary N) is 1. The molecule has 1 N–H and O–H groups in total. The fourth-order valence-electron chi connectivity index (χ4n) is 1.98. The number of hydrogen-bond acceptors (Lipinski definition) is 3. The van der Waals surface area contributed by atoms with Gasteiger partial charge < -0.3 is 10.2 Å². The minimum absolute atomic E-state index is 0.771. The van der Waals surface area contributed by atoms with Gasteiger partial charge in [0, 0.05) is 19.6 Å². The van der Waals surface area contributed by atoms with Crippen LogP contribution in [0, 0.1) is 11.3 Å². The van der Waals surface area contributed by atoms with Gasteiger partial charge in [0.05, 0.1) is 11.3 Å². The number of benzene rings is 1. The van der Waals surface area contributed by atoms with E-state index in [1.54, 1.807) is 0 Å². The fraction of sp³-hybridized carbons (Fsp3) is 0.500. The van der Waals surface area contributed by atoms with E-state index in [1.165, 1.54) is 0 Å². The smallest absolute Gasteiger partial charge is 0.101 e. The second kappa shape index (κ2) is 6.93. The summed E-state index contributed by atoms with van der Waals surface area (Å²) >= 11 is 0. The molecule has 17 heavy (non-hydrogen) atoms. The molecule has 1 aromatic carbocycles. The average molecular weight is 231 g/mol. The van der Waals surface area contributed by atoms with Gasteiger partial charge >= 0.3 is 0 Å². The number of rotatable bonds is 6. The Kier molecular flexibility index (Phi) is 5.51. The van der Waals surface area contributed by atoms with Crippen molar-refractivity contribution in [3.8, 4) is 6.07 Å². The van der Waals surface area contributed by atoms with Crippen molar-refractivity contribution >= 4 is 5.69 Å². The molecular formula is C14H21N3. The highest BCUT2D eigenvalue weighted by Crippen LogP contribution is 2.21. The van der Waals surface area contributed by atoms with Crippen molar-refractivity contribution < 1.29 is 0 Å². The highest BCUT2D eigenvalue weighted by atomic mass is 15.1. The Labute approximate surface area is 104 Å². The Hall–Kier alpha value is -1.53. The normalized spacial score (nSPS) is 10.0. The molecule has 1 rings (SSSR count). The van der Waals surface area contributed by atoms with Crippen molar-refractivity contribution in [2.75, 3.05) is 25.0 Å². The Morgan fingerprint density at radius 3 is 2.65 bits per heavy atom. The number of anilines is 1. The predicted octanol–water partition coefficient (Wildman–Crippen LogP) is 2.51. The van der Waals surface area contributed by atoms with E-state index in [1.807, 2.05) is 13.1 Å². The largest absolute Gasteiger partial charge is 0.371 e. The molecule has 0 aliphatic rings. The topological polar surface area (TPSA) is 39.1 Å². The van der Waals surface area contributed by atoms with Gasteiger partial charge in [0.2, 0.25) is 0 Å². The van der Waals surface area contributed by atoms with Crippen LogP contribution >= 0.6 is 0 Å². The van der Waals surface area contributed by atoms with E-state index in [0.29, 0.717) is 0 Å². The van der Waals surface area contributed by atoms with Gasteiger partial charge in [-0.3, -0.25) is 0 Å². The first kappa shape index (κ1) is 13.5. The Bertz CT molecular complexity index is 393. The molecular weight excluding hydrogens is 210 g/mol. The number of nitrogens with zero attached hydrogens (tertiary/aromatic N) is 2. The lowest BCUT2D eigenvalue weighted by Crippen LogP contribution is -2.24. The van der Waals surface area contributed by atoms with Crippen molar-refractivity contribution in [1.29, 1.82) is 5.26 Å². The SMILES string of the molecule is CCCN(CC)c1ccc(CNC)cc1C#N. The van der Waals surface area contributed by atoms with Crippen molar-refractivity contribution in [3.05, 3.63) is 29.3 Å². The summed E-state index contributed by atoms with van der Waals surface area (Å²) in [6.07, 6.45) is 1.09. The summed E-state index contributed by atoms with van der Waals surface area (Å²) < 4.78 is 0. The van der Waals surface area contributed by atoms with Crippen LogP contribution in [0.2, 0.25) is 0 Å². The molecule has 0 spiro atoms. The lowest BCUT2D eigenvalue weighted by molar-refractivity contribution is 0.787. The Morgan fingerprint density at radius 2 is 2.12 bits per heavy atom. The lowest BCUT2D eigenvalue weighted by atomic mass is 10.1. The van der Waals surface area contributed by atoms with Gasteiger partial charge in [-0.15, -0.1) is 0 Å². The third kappa shape index (κ3) is 3.47. The molecule has 0 unspecified atom stereocenters. The molecule has 0 amide bonds. The molecule has 0 saturated heterocycles. The fourth-order valence-corrected chi connectivity index (χ4v) is 1.98. The standard InChI is InChI=1S/C14H21N3/c1-4-8-17(5-2)14-7-6-12(11-16-3)9-13(14)10-15/h6-7,9,16H,4-5,8,11H2,1-3H3. The summed E-state index contributed by atoms with van der Waals surface area (Å²) in [4.78, 5) is 2.25. The third-order valence-corrected chi connectivity index (χ3v) is 2.78. The molecule has 3 nitrogen and oxygen atoms in total. The number of hydrogen-bond donors (Lipinski definition) is 1. The molecule has 92 valence electrons. The zero-order valence-electron chi connectivity index (χ0n) is 11.0. The maximum Gasteiger partial charge on any atom is 0.101 e. The second-order valence-corrected chi connectivity index (χ2v) is 4.07. The van der Waals surface area contributed by atoms with Gasteiger partial charge in [0.15, 0.2) is 0 Å². The van der Waals surface area contributed by atoms with E-state index in [0.717, 1.165) is 42.9 Å². The molecule has 0 aromatic heterocycles. The second-order valence-electron chi connectivity index (χ2n) is 4.07. The summed E-state index contributed by atoms with van der Waals surface area (Å²) in [5, 5.41) is 12.3. The van der Waals surface area contributed by atoms with E-state index in [4.69, 9.17) is 0 Å². The first-order chi connectivity index (χ1) is 8.26. The van der Waals surface area contributed by atoms with Crippen LogP contribution in [0.5, 0.6) is 0 Å². The lowest BCUT2D eigenvalue weighted by Gasteiger charge is -2.23. The molecule has 3 heteroatoms. The zero-order valence-corrected chi connectivity index (χ0v) is 11.0. The molecule has 0 aliphatic heterocycles. The van der Waals surface area contributed by atoms with Crippen LogP contribution in [0.3, 0.4) is 0 Å². The van der Waals surface area contributed by atoms with E-state index in [2.05, 4.69) is 42.3 Å². The van der Waals surface area contributed by atoms with Crippen molar-refractivity contribution in [3.63, 3.8) is 0 Å². The molecule has 0 atom stereocenters. The van der Waals surface area contributed by atoms with Crippen LogP contribution in [0.25, 0.3) is 0 Å². The van der Waals surface area contributed by atoms with Crippen molar-refractivity contribution in [2.24, 2.45) is 0 Å². The maximum absolute atomic E-state index is 9.23. The van der Waals surface area contributed by atoms with E-state index in [-0.39, 0.29) is 0 Å². The molecule has 0 radical (unpaired) electrons. The van der Waals surface area contributed by atoms with E-state index < -0.39 is 0 Å². The van der Waals surface area contributed by atoms with Gasteiger partial charge in [-0.05, 0) is 38.1 Å². The monoisotopic (exact) mass is 231 g/mol. The zero-order chi connectivity index (χ0) is 12.7. The summed E-state index contributed by atoms with van der Waals surface area (Å²) in [5.41, 5.74) is 2.98. The minimum Gasteiger partial charge on any atom is -0.371 e. The maximum atomic E-state index is 9.23. The Balaban J connectivity index is 3.03. The summed E-state index contributed by atoms with van der Waals surface area (Å²) in [6, 6.07) is 8.42. The van der Waals surface area contributed by atoms with Crippen LogP contribution < -0.4 is 10.2 Å². The minimum atomic E-state index is 0.771. The summed E-state index contributed by atoms with van der Waals surface area (Å²) in [7, 11) is 1.91. The summed E-state index contributed by atoms with van der Waals surface area (Å²) in [6.45, 7) is 7.02. The van der Waals surface area contributed by atoms with Gasteiger partial charge in [0.1, 0.15) is 6.07 Å². The van der Waals surface area contributed by atoms with E-state index in [9.17, 15) is 5.26 Å². The van der Waals surface area contributed by atoms with Gasteiger partial charge in [-0.25, -0.2) is 0 Å². The van der Waals surface area contributed by atoms with E-state index >= 15 is 0 Å². The van der Waals surface area contributed by atoms with Gasteiger partial charge in [0.25, 0.3) is 0 Å². The molecule has 0 bridgehead atoms. The summed E-state index contributed by atoms with van der Waals surface area (Å²) in [5.74, 6) is 0. The van der Waals surface area contributed by atoms with Crippen LogP contribution in [-0.2, 0) is 6.54 Å². The number of nitriles is 1. The van der Waals surface area contributed by atoms with Gasteiger partial charge in [-0.2, -0.15) is 5.26 Å². The Morgan fingerprint density at radius 1 is 1.35 bits per heavy atom. The van der Waals surface area contributed by atoms with Crippen LogP contribution in [0.1, 0.15) is 31.4 Å². The predicted molar refractivity (Wildman–Crippen MR) is 72.1 cm³/mol. The highest BCUT2D eigenvalue weighted by Gasteiger charge is 2.09. The average Bonchev–Trinajstić information content (AvgIpc) is 2.36. The van der Waals surface area contributed by atoms with Crippen LogP contribution in [0.15, 0.2) is 18.2 Å². The van der Waals surface area contributed by atoms with Crippen LogP contribution in [0.4, 0.5) is 5.69 Å².